The van der Waals surface area contributed by atoms with E-state index in [1.165, 1.54) is 0 Å². The molecule has 0 saturated heterocycles. The molecule has 0 aromatic carbocycles. The number of rotatable bonds is 6. The molecule has 0 aliphatic heterocycles. The highest BCUT2D eigenvalue weighted by Crippen LogP contribution is 2.01. The zero-order chi connectivity index (χ0) is 10.4. The molecule has 0 amide bonds. The molecule has 0 aromatic rings. The fourth-order valence-corrected chi connectivity index (χ4v) is 1.18. The van der Waals surface area contributed by atoms with Crippen LogP contribution in [-0.2, 0) is 9.53 Å². The summed E-state index contributed by atoms with van der Waals surface area (Å²) in [5.74, 6) is 0.280. The predicted molar refractivity (Wildman–Crippen MR) is 53.8 cm³/mol. The van der Waals surface area contributed by atoms with E-state index in [2.05, 4.69) is 5.32 Å². The number of ketones is 1. The van der Waals surface area contributed by atoms with Crippen LogP contribution in [0.4, 0.5) is 0 Å². The van der Waals surface area contributed by atoms with Crippen LogP contribution in [0.5, 0.6) is 0 Å². The summed E-state index contributed by atoms with van der Waals surface area (Å²) in [5, 5.41) is 3.19. The van der Waals surface area contributed by atoms with Crippen molar-refractivity contribution in [1.82, 2.24) is 5.32 Å². The summed E-state index contributed by atoms with van der Waals surface area (Å²) in [6.45, 7) is 8.32. The summed E-state index contributed by atoms with van der Waals surface area (Å²) < 4.78 is 4.99. The van der Waals surface area contributed by atoms with Gasteiger partial charge in [-0.2, -0.15) is 0 Å². The monoisotopic (exact) mass is 187 g/mol. The van der Waals surface area contributed by atoms with Crippen LogP contribution in [-0.4, -0.2) is 31.6 Å². The summed E-state index contributed by atoms with van der Waals surface area (Å²) in [4.78, 5) is 11.6. The molecule has 0 aliphatic rings. The fourth-order valence-electron chi connectivity index (χ4n) is 1.18. The summed E-state index contributed by atoms with van der Waals surface area (Å²) in [6, 6.07) is 0.146. The highest BCUT2D eigenvalue weighted by Gasteiger charge is 2.21. The molecule has 0 unspecified atom stereocenters. The SMILES string of the molecule is COC[C@H](NC(C)C)C(=O)C(C)C. The highest BCUT2D eigenvalue weighted by molar-refractivity contribution is 5.85. The summed E-state index contributed by atoms with van der Waals surface area (Å²) in [5.41, 5.74) is 0. The third kappa shape index (κ3) is 5.01. The Balaban J connectivity index is 4.15. The van der Waals surface area contributed by atoms with Gasteiger partial charge in [-0.25, -0.2) is 0 Å². The molecule has 0 aromatic heterocycles. The molecule has 3 nitrogen and oxygen atoms in total. The number of carbonyl (C=O) groups is 1. The number of carbonyl (C=O) groups excluding carboxylic acids is 1. The average Bonchev–Trinajstić information content (AvgIpc) is 2.01. The Hall–Kier alpha value is -0.410. The van der Waals surface area contributed by atoms with Crippen molar-refractivity contribution in [2.45, 2.75) is 39.8 Å². The van der Waals surface area contributed by atoms with E-state index >= 15 is 0 Å². The summed E-state index contributed by atoms with van der Waals surface area (Å²) in [6.07, 6.45) is 0. The molecular weight excluding hydrogens is 166 g/mol. The third-order valence-corrected chi connectivity index (χ3v) is 1.78. The Bertz CT molecular complexity index is 155. The van der Waals surface area contributed by atoms with Crippen molar-refractivity contribution < 1.29 is 9.53 Å². The van der Waals surface area contributed by atoms with Crippen molar-refractivity contribution in [1.29, 1.82) is 0 Å². The van der Waals surface area contributed by atoms with Gasteiger partial charge in [-0.15, -0.1) is 0 Å². The molecule has 0 rings (SSSR count). The third-order valence-electron chi connectivity index (χ3n) is 1.78. The van der Waals surface area contributed by atoms with Gasteiger partial charge >= 0.3 is 0 Å². The first-order valence-electron chi connectivity index (χ1n) is 4.77. The van der Waals surface area contributed by atoms with Gasteiger partial charge in [0.25, 0.3) is 0 Å². The molecule has 0 radical (unpaired) electrons. The second kappa shape index (κ2) is 6.11. The zero-order valence-electron chi connectivity index (χ0n) is 9.26. The van der Waals surface area contributed by atoms with Gasteiger partial charge < -0.3 is 10.1 Å². The lowest BCUT2D eigenvalue weighted by atomic mass is 10.0. The van der Waals surface area contributed by atoms with Gasteiger partial charge in [-0.1, -0.05) is 27.7 Å². The molecule has 0 saturated carbocycles. The van der Waals surface area contributed by atoms with Crippen LogP contribution >= 0.6 is 0 Å². The molecule has 0 bridgehead atoms. The zero-order valence-corrected chi connectivity index (χ0v) is 9.26. The van der Waals surface area contributed by atoms with Crippen LogP contribution in [0.3, 0.4) is 0 Å². The number of Topliss-reactive ketones (excluding diaryl/α,β-unsaturated/α-hetero) is 1. The van der Waals surface area contributed by atoms with Crippen molar-refractivity contribution in [3.05, 3.63) is 0 Å². The molecule has 1 atom stereocenters. The molecule has 78 valence electrons. The quantitative estimate of drug-likeness (QED) is 0.679. The van der Waals surface area contributed by atoms with E-state index in [-0.39, 0.29) is 17.7 Å². The van der Waals surface area contributed by atoms with E-state index in [0.29, 0.717) is 12.6 Å². The van der Waals surface area contributed by atoms with E-state index in [0.717, 1.165) is 0 Å². The Morgan fingerprint density at radius 2 is 1.85 bits per heavy atom. The van der Waals surface area contributed by atoms with Gasteiger partial charge in [0.15, 0.2) is 5.78 Å². The lowest BCUT2D eigenvalue weighted by Gasteiger charge is -2.20. The maximum absolute atomic E-state index is 11.6. The first kappa shape index (κ1) is 12.6. The van der Waals surface area contributed by atoms with Crippen LogP contribution in [0.1, 0.15) is 27.7 Å². The molecule has 3 heteroatoms. The minimum atomic E-state index is -0.162. The molecule has 0 fully saturated rings. The minimum absolute atomic E-state index is 0.0615. The Morgan fingerprint density at radius 3 is 2.15 bits per heavy atom. The fraction of sp³-hybridized carbons (Fsp3) is 0.900. The van der Waals surface area contributed by atoms with E-state index in [1.807, 2.05) is 27.7 Å². The van der Waals surface area contributed by atoms with Crippen molar-refractivity contribution >= 4 is 5.78 Å². The molecule has 13 heavy (non-hydrogen) atoms. The van der Waals surface area contributed by atoms with Crippen LogP contribution in [0.2, 0.25) is 0 Å². The maximum Gasteiger partial charge on any atom is 0.154 e. The van der Waals surface area contributed by atoms with Crippen molar-refractivity contribution in [2.75, 3.05) is 13.7 Å². The van der Waals surface area contributed by atoms with E-state index in [1.54, 1.807) is 7.11 Å². The van der Waals surface area contributed by atoms with Gasteiger partial charge in [-0.3, -0.25) is 4.79 Å². The molecule has 0 heterocycles. The van der Waals surface area contributed by atoms with Gasteiger partial charge in [0, 0.05) is 19.1 Å². The van der Waals surface area contributed by atoms with E-state index in [9.17, 15) is 4.79 Å². The Kier molecular flexibility index (Phi) is 5.91. The number of hydrogen-bond donors (Lipinski definition) is 1. The normalized spacial score (nSPS) is 13.8. The van der Waals surface area contributed by atoms with Crippen LogP contribution in [0, 0.1) is 5.92 Å². The number of ether oxygens (including phenoxy) is 1. The molecule has 1 N–H and O–H groups in total. The lowest BCUT2D eigenvalue weighted by Crippen LogP contribution is -2.45. The van der Waals surface area contributed by atoms with Crippen LogP contribution < -0.4 is 5.32 Å². The average molecular weight is 187 g/mol. The summed E-state index contributed by atoms with van der Waals surface area (Å²) >= 11 is 0. The predicted octanol–water partition coefficient (Wildman–Crippen LogP) is 1.22. The van der Waals surface area contributed by atoms with Gasteiger partial charge in [0.1, 0.15) is 0 Å². The second-order valence-corrected chi connectivity index (χ2v) is 3.89. The van der Waals surface area contributed by atoms with E-state index < -0.39 is 0 Å². The topological polar surface area (TPSA) is 38.3 Å². The van der Waals surface area contributed by atoms with Crippen molar-refractivity contribution in [3.63, 3.8) is 0 Å². The van der Waals surface area contributed by atoms with Crippen molar-refractivity contribution in [3.8, 4) is 0 Å². The molecule has 0 spiro atoms. The standard InChI is InChI=1S/C10H21NO2/c1-7(2)10(12)9(6-13-5)11-8(3)4/h7-9,11H,6H2,1-5H3/t9-/m0/s1. The van der Waals surface area contributed by atoms with Gasteiger partial charge in [0.2, 0.25) is 0 Å². The van der Waals surface area contributed by atoms with Crippen LogP contribution in [0.15, 0.2) is 0 Å². The first-order chi connectivity index (χ1) is 5.99. The second-order valence-electron chi connectivity index (χ2n) is 3.89. The molecule has 0 aliphatic carbocycles. The van der Waals surface area contributed by atoms with E-state index in [4.69, 9.17) is 4.74 Å². The molecular formula is C10H21NO2. The highest BCUT2D eigenvalue weighted by atomic mass is 16.5. The number of nitrogens with one attached hydrogen (secondary N) is 1. The smallest absolute Gasteiger partial charge is 0.154 e. The van der Waals surface area contributed by atoms with Gasteiger partial charge in [-0.05, 0) is 0 Å². The Labute approximate surface area is 80.8 Å². The number of hydrogen-bond acceptors (Lipinski definition) is 3. The lowest BCUT2D eigenvalue weighted by molar-refractivity contribution is -0.125. The Morgan fingerprint density at radius 1 is 1.31 bits per heavy atom. The minimum Gasteiger partial charge on any atom is -0.383 e. The largest absolute Gasteiger partial charge is 0.383 e. The number of methoxy groups -OCH3 is 1. The van der Waals surface area contributed by atoms with Gasteiger partial charge in [0.05, 0.1) is 12.6 Å². The first-order valence-corrected chi connectivity index (χ1v) is 4.77. The van der Waals surface area contributed by atoms with Crippen LogP contribution in [0.25, 0.3) is 0 Å². The maximum atomic E-state index is 11.6. The van der Waals surface area contributed by atoms with Crippen molar-refractivity contribution in [2.24, 2.45) is 5.92 Å². The summed E-state index contributed by atoms with van der Waals surface area (Å²) in [7, 11) is 1.61.